The molecule has 0 unspecified atom stereocenters. The fourth-order valence-electron chi connectivity index (χ4n) is 1.47. The first-order valence-corrected chi connectivity index (χ1v) is 7.73. The summed E-state index contributed by atoms with van der Waals surface area (Å²) >= 11 is 3.30. The van der Waals surface area contributed by atoms with E-state index >= 15 is 0 Å². The maximum absolute atomic E-state index is 4.52. The van der Waals surface area contributed by atoms with E-state index in [4.69, 9.17) is 0 Å². The number of aryl methyl sites for hydroxylation is 1. The first kappa shape index (κ1) is 13.5. The van der Waals surface area contributed by atoms with Crippen molar-refractivity contribution in [3.63, 3.8) is 0 Å². The van der Waals surface area contributed by atoms with Crippen LogP contribution in [-0.4, -0.2) is 9.36 Å². The smallest absolute Gasteiger partial charge is 0.202 e. The largest absolute Gasteiger partial charge is 0.355 e. The fraction of sp³-hybridized carbons (Fsp3) is 0.538. The van der Waals surface area contributed by atoms with Gasteiger partial charge < -0.3 is 5.32 Å². The summed E-state index contributed by atoms with van der Waals surface area (Å²) in [5, 5.41) is 4.25. The molecule has 2 aromatic heterocycles. The minimum Gasteiger partial charge on any atom is -0.355 e. The van der Waals surface area contributed by atoms with Crippen LogP contribution in [0.25, 0.3) is 0 Å². The molecule has 1 N–H and O–H groups in total. The summed E-state index contributed by atoms with van der Waals surface area (Å²) in [5.74, 6) is 0.912. The quantitative estimate of drug-likeness (QED) is 0.918. The van der Waals surface area contributed by atoms with Gasteiger partial charge in [0.1, 0.15) is 5.82 Å². The van der Waals surface area contributed by atoms with Crippen molar-refractivity contribution in [2.75, 3.05) is 5.32 Å². The van der Waals surface area contributed by atoms with Crippen LogP contribution in [0.2, 0.25) is 0 Å². The lowest BCUT2D eigenvalue weighted by molar-refractivity contribution is 0.555. The molecule has 2 heterocycles. The number of nitrogens with one attached hydrogen (secondary N) is 1. The highest BCUT2D eigenvalue weighted by Gasteiger charge is 2.19. The lowest BCUT2D eigenvalue weighted by Crippen LogP contribution is -2.13. The monoisotopic (exact) mass is 281 g/mol. The van der Waals surface area contributed by atoms with Crippen molar-refractivity contribution in [1.82, 2.24) is 9.36 Å². The van der Waals surface area contributed by atoms with E-state index in [1.165, 1.54) is 21.3 Å². The van der Waals surface area contributed by atoms with Gasteiger partial charge in [0, 0.05) is 26.7 Å². The standard InChI is InChI=1S/C13H19N3S2/c1-5-9-6-7-10(17-9)8-14-12-15-11(16-18-12)13(2,3)4/h6-7H,5,8H2,1-4H3,(H,14,15,16). The van der Waals surface area contributed by atoms with E-state index in [1.54, 1.807) is 0 Å². The van der Waals surface area contributed by atoms with Gasteiger partial charge in [-0.1, -0.05) is 27.7 Å². The number of thiophene rings is 1. The summed E-state index contributed by atoms with van der Waals surface area (Å²) in [5.41, 5.74) is 0.0226. The number of hydrogen-bond acceptors (Lipinski definition) is 5. The van der Waals surface area contributed by atoms with Crippen LogP contribution in [0.15, 0.2) is 12.1 Å². The third kappa shape index (κ3) is 3.29. The third-order valence-electron chi connectivity index (χ3n) is 2.58. The average molecular weight is 281 g/mol. The number of hydrogen-bond donors (Lipinski definition) is 1. The average Bonchev–Trinajstić information content (AvgIpc) is 2.94. The number of nitrogens with zero attached hydrogens (tertiary/aromatic N) is 2. The third-order valence-corrected chi connectivity index (χ3v) is 4.48. The van der Waals surface area contributed by atoms with Crippen LogP contribution in [0.5, 0.6) is 0 Å². The van der Waals surface area contributed by atoms with Crippen LogP contribution in [0, 0.1) is 0 Å². The Morgan fingerprint density at radius 2 is 1.94 bits per heavy atom. The molecule has 0 spiro atoms. The molecule has 0 aliphatic rings. The maximum atomic E-state index is 4.52. The number of rotatable bonds is 4. The van der Waals surface area contributed by atoms with Gasteiger partial charge in [0.05, 0.1) is 6.54 Å². The van der Waals surface area contributed by atoms with E-state index in [0.29, 0.717) is 0 Å². The molecule has 0 aliphatic carbocycles. The molecule has 0 bridgehead atoms. The summed E-state index contributed by atoms with van der Waals surface area (Å²) in [7, 11) is 0. The lowest BCUT2D eigenvalue weighted by atomic mass is 9.96. The van der Waals surface area contributed by atoms with Crippen molar-refractivity contribution in [3.8, 4) is 0 Å². The number of anilines is 1. The molecule has 0 amide bonds. The molecule has 0 fully saturated rings. The number of aromatic nitrogens is 2. The van der Waals surface area contributed by atoms with Crippen molar-refractivity contribution in [2.24, 2.45) is 0 Å². The van der Waals surface area contributed by atoms with Gasteiger partial charge in [0.2, 0.25) is 5.13 Å². The molecule has 0 atom stereocenters. The van der Waals surface area contributed by atoms with E-state index < -0.39 is 0 Å². The molecule has 0 aromatic carbocycles. The summed E-state index contributed by atoms with van der Waals surface area (Å²) in [4.78, 5) is 7.30. The predicted molar refractivity (Wildman–Crippen MR) is 79.6 cm³/mol. The van der Waals surface area contributed by atoms with E-state index in [2.05, 4.69) is 54.5 Å². The van der Waals surface area contributed by atoms with Gasteiger partial charge in [0.15, 0.2) is 0 Å². The molecule has 0 aliphatic heterocycles. The molecule has 98 valence electrons. The Morgan fingerprint density at radius 3 is 2.50 bits per heavy atom. The zero-order chi connectivity index (χ0) is 13.2. The maximum Gasteiger partial charge on any atom is 0.202 e. The van der Waals surface area contributed by atoms with Gasteiger partial charge >= 0.3 is 0 Å². The Balaban J connectivity index is 1.96. The SMILES string of the molecule is CCc1ccc(CNc2nc(C(C)(C)C)ns2)s1. The van der Waals surface area contributed by atoms with Crippen molar-refractivity contribution < 1.29 is 0 Å². The highest BCUT2D eigenvalue weighted by atomic mass is 32.1. The Bertz CT molecular complexity index is 508. The summed E-state index contributed by atoms with van der Waals surface area (Å²) in [6.07, 6.45) is 1.11. The Morgan fingerprint density at radius 1 is 1.22 bits per heavy atom. The molecule has 0 saturated carbocycles. The van der Waals surface area contributed by atoms with Crippen LogP contribution in [0.3, 0.4) is 0 Å². The Kier molecular flexibility index (Phi) is 4.02. The van der Waals surface area contributed by atoms with Gasteiger partial charge in [-0.25, -0.2) is 4.98 Å². The normalized spacial score (nSPS) is 11.8. The second kappa shape index (κ2) is 5.36. The van der Waals surface area contributed by atoms with Gasteiger partial charge in [-0.05, 0) is 18.6 Å². The van der Waals surface area contributed by atoms with Crippen LogP contribution in [0.1, 0.15) is 43.3 Å². The first-order valence-electron chi connectivity index (χ1n) is 6.14. The molecule has 2 aromatic rings. The van der Waals surface area contributed by atoms with Crippen LogP contribution in [-0.2, 0) is 18.4 Å². The Hall–Kier alpha value is -0.940. The first-order chi connectivity index (χ1) is 8.49. The minimum absolute atomic E-state index is 0.0226. The predicted octanol–water partition coefficient (Wildman–Crippen LogP) is 4.07. The summed E-state index contributed by atoms with van der Waals surface area (Å²) in [6.45, 7) is 9.41. The molecule has 0 saturated heterocycles. The summed E-state index contributed by atoms with van der Waals surface area (Å²) < 4.78 is 4.39. The van der Waals surface area contributed by atoms with Gasteiger partial charge in [-0.15, -0.1) is 11.3 Å². The lowest BCUT2D eigenvalue weighted by Gasteiger charge is -2.12. The van der Waals surface area contributed by atoms with E-state index in [0.717, 1.165) is 23.9 Å². The van der Waals surface area contributed by atoms with E-state index in [1.807, 2.05) is 11.3 Å². The van der Waals surface area contributed by atoms with Crippen molar-refractivity contribution in [1.29, 1.82) is 0 Å². The second-order valence-electron chi connectivity index (χ2n) is 5.25. The van der Waals surface area contributed by atoms with Crippen LogP contribution >= 0.6 is 22.9 Å². The molecule has 2 rings (SSSR count). The summed E-state index contributed by atoms with van der Waals surface area (Å²) in [6, 6.07) is 4.38. The van der Waals surface area contributed by atoms with Crippen molar-refractivity contribution >= 4 is 28.0 Å². The van der Waals surface area contributed by atoms with Crippen molar-refractivity contribution in [2.45, 2.75) is 46.1 Å². The van der Waals surface area contributed by atoms with Gasteiger partial charge in [0.25, 0.3) is 0 Å². The van der Waals surface area contributed by atoms with Crippen LogP contribution in [0.4, 0.5) is 5.13 Å². The fourth-order valence-corrected chi connectivity index (χ4v) is 3.12. The minimum atomic E-state index is 0.0226. The van der Waals surface area contributed by atoms with Gasteiger partial charge in [-0.3, -0.25) is 0 Å². The van der Waals surface area contributed by atoms with Crippen molar-refractivity contribution in [3.05, 3.63) is 27.7 Å². The zero-order valence-corrected chi connectivity index (χ0v) is 12.9. The van der Waals surface area contributed by atoms with Gasteiger partial charge in [-0.2, -0.15) is 4.37 Å². The molecule has 3 nitrogen and oxygen atoms in total. The zero-order valence-electron chi connectivity index (χ0n) is 11.3. The topological polar surface area (TPSA) is 37.8 Å². The molecule has 0 radical (unpaired) electrons. The molecule has 5 heteroatoms. The Labute approximate surface area is 116 Å². The molecular formula is C13H19N3S2. The second-order valence-corrected chi connectivity index (χ2v) is 7.25. The highest BCUT2D eigenvalue weighted by molar-refractivity contribution is 7.12. The van der Waals surface area contributed by atoms with E-state index in [-0.39, 0.29) is 5.41 Å². The molecular weight excluding hydrogens is 262 g/mol. The van der Waals surface area contributed by atoms with Crippen LogP contribution < -0.4 is 5.32 Å². The molecule has 18 heavy (non-hydrogen) atoms. The van der Waals surface area contributed by atoms with E-state index in [9.17, 15) is 0 Å². The highest BCUT2D eigenvalue weighted by Crippen LogP contribution is 2.24.